The number of nitrogens with zero attached hydrogens (tertiary/aromatic N) is 1. The molecule has 0 spiro atoms. The summed E-state index contributed by atoms with van der Waals surface area (Å²) in [6.07, 6.45) is 13.3. The molecule has 2 atom stereocenters. The molecule has 1 N–H and O–H groups in total. The minimum absolute atomic E-state index is 0.0258. The van der Waals surface area contributed by atoms with Crippen LogP contribution in [0.25, 0.3) is 0 Å². The Hall–Kier alpha value is -1.87. The van der Waals surface area contributed by atoms with Gasteiger partial charge in [-0.25, -0.2) is 0 Å². The smallest absolute Gasteiger partial charge is 0.223 e. The molecule has 1 heterocycles. The summed E-state index contributed by atoms with van der Waals surface area (Å²) in [5.41, 5.74) is -0.341. The van der Waals surface area contributed by atoms with Gasteiger partial charge in [-0.15, -0.1) is 6.42 Å². The van der Waals surface area contributed by atoms with E-state index in [2.05, 4.69) is 11.2 Å². The molecule has 30 heavy (non-hydrogen) atoms. The highest BCUT2D eigenvalue weighted by atomic mass is 16.5. The minimum atomic E-state index is -0.442. The summed E-state index contributed by atoms with van der Waals surface area (Å²) in [6, 6.07) is -0.442. The van der Waals surface area contributed by atoms with Crippen molar-refractivity contribution in [2.24, 2.45) is 5.92 Å². The van der Waals surface area contributed by atoms with E-state index in [0.29, 0.717) is 13.0 Å². The average molecular weight is 419 g/mol. The summed E-state index contributed by atoms with van der Waals surface area (Å²) in [5, 5.41) is 2.58. The summed E-state index contributed by atoms with van der Waals surface area (Å²) in [4.78, 5) is 39.9. The van der Waals surface area contributed by atoms with E-state index in [1.54, 1.807) is 4.90 Å². The van der Waals surface area contributed by atoms with E-state index in [9.17, 15) is 14.4 Å². The third-order valence-electron chi connectivity index (χ3n) is 5.89. The molecule has 1 aliphatic heterocycles. The Labute approximate surface area is 181 Å². The number of hydrogen-bond acceptors (Lipinski definition) is 4. The maximum absolute atomic E-state index is 13.4. The van der Waals surface area contributed by atoms with E-state index in [4.69, 9.17) is 11.2 Å². The highest BCUT2D eigenvalue weighted by molar-refractivity contribution is 5.92. The molecule has 0 radical (unpaired) electrons. The van der Waals surface area contributed by atoms with Crippen molar-refractivity contribution in [2.75, 3.05) is 13.1 Å². The Balaban J connectivity index is 2.06. The Bertz CT molecular complexity index is 639. The van der Waals surface area contributed by atoms with Crippen molar-refractivity contribution in [3.8, 4) is 12.3 Å². The van der Waals surface area contributed by atoms with E-state index < -0.39 is 6.04 Å². The lowest BCUT2D eigenvalue weighted by Gasteiger charge is -2.28. The van der Waals surface area contributed by atoms with Crippen LogP contribution in [0.2, 0.25) is 0 Å². The molecule has 6 heteroatoms. The SMILES string of the molecule is C#CCNC(=O)CCC(=O)N1C[C@H](OC(C)(C)C)C[C@H]1C(=O)C1CCCCCCC1. The quantitative estimate of drug-likeness (QED) is 0.644. The third kappa shape index (κ3) is 7.75. The van der Waals surface area contributed by atoms with Crippen molar-refractivity contribution in [1.82, 2.24) is 10.2 Å². The van der Waals surface area contributed by atoms with E-state index in [-0.39, 0.29) is 54.6 Å². The number of hydrogen-bond donors (Lipinski definition) is 1. The third-order valence-corrected chi connectivity index (χ3v) is 5.89. The zero-order valence-electron chi connectivity index (χ0n) is 18.9. The van der Waals surface area contributed by atoms with Gasteiger partial charge < -0.3 is 15.0 Å². The largest absolute Gasteiger partial charge is 0.371 e. The molecule has 168 valence electrons. The van der Waals surface area contributed by atoms with Gasteiger partial charge in [-0.3, -0.25) is 14.4 Å². The zero-order chi connectivity index (χ0) is 22.1. The molecule has 0 aromatic rings. The second-order valence-electron chi connectivity index (χ2n) is 9.58. The monoisotopic (exact) mass is 418 g/mol. The first-order chi connectivity index (χ1) is 14.2. The molecule has 0 aromatic carbocycles. The molecule has 1 aliphatic carbocycles. The van der Waals surface area contributed by atoms with Crippen molar-refractivity contribution in [3.05, 3.63) is 0 Å². The summed E-state index contributed by atoms with van der Waals surface area (Å²) in [7, 11) is 0. The van der Waals surface area contributed by atoms with Crippen LogP contribution < -0.4 is 5.32 Å². The maximum atomic E-state index is 13.4. The fraction of sp³-hybridized carbons (Fsp3) is 0.792. The van der Waals surface area contributed by atoms with Crippen LogP contribution in [0.1, 0.15) is 85.0 Å². The lowest BCUT2D eigenvalue weighted by atomic mass is 9.85. The van der Waals surface area contributed by atoms with Crippen LogP contribution in [0.5, 0.6) is 0 Å². The number of likely N-dealkylation sites (tertiary alicyclic amines) is 1. The molecule has 0 bridgehead atoms. The van der Waals surface area contributed by atoms with Crippen LogP contribution in [0.4, 0.5) is 0 Å². The zero-order valence-corrected chi connectivity index (χ0v) is 18.9. The summed E-state index contributed by atoms with van der Waals surface area (Å²) < 4.78 is 6.12. The summed E-state index contributed by atoms with van der Waals surface area (Å²) >= 11 is 0. The van der Waals surface area contributed by atoms with E-state index in [0.717, 1.165) is 25.7 Å². The number of terminal acetylenes is 1. The van der Waals surface area contributed by atoms with Crippen LogP contribution in [0.15, 0.2) is 0 Å². The Morgan fingerprint density at radius 2 is 1.70 bits per heavy atom. The van der Waals surface area contributed by atoms with Crippen LogP contribution in [-0.4, -0.2) is 53.3 Å². The number of rotatable bonds is 7. The first kappa shape index (κ1) is 24.4. The van der Waals surface area contributed by atoms with Gasteiger partial charge in [0.05, 0.1) is 24.3 Å². The predicted octanol–water partition coefficient (Wildman–Crippen LogP) is 3.23. The first-order valence-corrected chi connectivity index (χ1v) is 11.4. The Kier molecular flexibility index (Phi) is 9.36. The van der Waals surface area contributed by atoms with Crippen molar-refractivity contribution < 1.29 is 19.1 Å². The van der Waals surface area contributed by atoms with Gasteiger partial charge in [-0.2, -0.15) is 0 Å². The Morgan fingerprint density at radius 3 is 2.30 bits per heavy atom. The average Bonchev–Trinajstić information content (AvgIpc) is 3.05. The number of carbonyl (C=O) groups is 3. The highest BCUT2D eigenvalue weighted by Crippen LogP contribution is 2.31. The van der Waals surface area contributed by atoms with Crippen LogP contribution in [0.3, 0.4) is 0 Å². The van der Waals surface area contributed by atoms with Gasteiger partial charge in [0.2, 0.25) is 11.8 Å². The predicted molar refractivity (Wildman–Crippen MR) is 117 cm³/mol. The maximum Gasteiger partial charge on any atom is 0.223 e. The first-order valence-electron chi connectivity index (χ1n) is 11.4. The molecule has 0 unspecified atom stereocenters. The minimum Gasteiger partial charge on any atom is -0.371 e. The second-order valence-corrected chi connectivity index (χ2v) is 9.58. The van der Waals surface area contributed by atoms with Crippen molar-refractivity contribution in [3.63, 3.8) is 0 Å². The van der Waals surface area contributed by atoms with Gasteiger partial charge in [0.1, 0.15) is 0 Å². The number of Topliss-reactive ketones (excluding diaryl/α,β-unsaturated/α-hetero) is 1. The lowest BCUT2D eigenvalue weighted by molar-refractivity contribution is -0.140. The van der Waals surface area contributed by atoms with Crippen molar-refractivity contribution in [1.29, 1.82) is 0 Å². The lowest BCUT2D eigenvalue weighted by Crippen LogP contribution is -2.43. The van der Waals surface area contributed by atoms with Gasteiger partial charge >= 0.3 is 0 Å². The fourth-order valence-electron chi connectivity index (χ4n) is 4.54. The molecular weight excluding hydrogens is 380 g/mol. The molecule has 1 saturated carbocycles. The van der Waals surface area contributed by atoms with Gasteiger partial charge in [0, 0.05) is 31.7 Å². The van der Waals surface area contributed by atoms with Crippen LogP contribution in [-0.2, 0) is 19.1 Å². The number of carbonyl (C=O) groups excluding carboxylic acids is 3. The van der Waals surface area contributed by atoms with Crippen LogP contribution in [0, 0.1) is 18.3 Å². The molecule has 2 amide bonds. The molecule has 1 saturated heterocycles. The molecule has 2 fully saturated rings. The van der Waals surface area contributed by atoms with Crippen molar-refractivity contribution >= 4 is 17.6 Å². The van der Waals surface area contributed by atoms with Gasteiger partial charge in [0.15, 0.2) is 5.78 Å². The highest BCUT2D eigenvalue weighted by Gasteiger charge is 2.42. The van der Waals surface area contributed by atoms with Gasteiger partial charge in [-0.05, 0) is 33.6 Å². The van der Waals surface area contributed by atoms with E-state index in [1.807, 2.05) is 20.8 Å². The van der Waals surface area contributed by atoms with E-state index in [1.165, 1.54) is 19.3 Å². The topological polar surface area (TPSA) is 75.7 Å². The number of amides is 2. The molecule has 6 nitrogen and oxygen atoms in total. The Morgan fingerprint density at radius 1 is 1.07 bits per heavy atom. The summed E-state index contributed by atoms with van der Waals surface area (Å²) in [5.74, 6) is 2.15. The van der Waals surface area contributed by atoms with Gasteiger partial charge in [0.25, 0.3) is 0 Å². The molecular formula is C24H38N2O4. The van der Waals surface area contributed by atoms with Crippen molar-refractivity contribution in [2.45, 2.75) is 103 Å². The molecule has 2 aliphatic rings. The molecule has 0 aromatic heterocycles. The number of nitrogens with one attached hydrogen (secondary N) is 1. The normalized spacial score (nSPS) is 23.3. The van der Waals surface area contributed by atoms with Crippen LogP contribution >= 0.6 is 0 Å². The molecule has 2 rings (SSSR count). The van der Waals surface area contributed by atoms with Gasteiger partial charge in [-0.1, -0.05) is 38.0 Å². The number of ketones is 1. The fourth-order valence-corrected chi connectivity index (χ4v) is 4.54. The summed E-state index contributed by atoms with van der Waals surface area (Å²) in [6.45, 7) is 6.52. The number of ether oxygens (including phenoxy) is 1. The van der Waals surface area contributed by atoms with E-state index >= 15 is 0 Å². The standard InChI is InChI=1S/C24H38N2O4/c1-5-15-25-21(27)13-14-22(28)26-17-19(30-24(2,3)4)16-20(26)23(29)18-11-9-7-6-8-10-12-18/h1,18-20H,6-17H2,2-4H3,(H,25,27)/t19-,20+/m1/s1. The second kappa shape index (κ2) is 11.5.